The van der Waals surface area contributed by atoms with E-state index in [2.05, 4.69) is 16.7 Å². The van der Waals surface area contributed by atoms with E-state index in [9.17, 15) is 9.59 Å². The Morgan fingerprint density at radius 3 is 2.62 bits per heavy atom. The predicted molar refractivity (Wildman–Crippen MR) is 105 cm³/mol. The summed E-state index contributed by atoms with van der Waals surface area (Å²) in [6.45, 7) is 7.14. The molecule has 0 bridgehead atoms. The van der Waals surface area contributed by atoms with Crippen LogP contribution >= 0.6 is 0 Å². The van der Waals surface area contributed by atoms with E-state index >= 15 is 0 Å². The average molecular weight is 351 g/mol. The van der Waals surface area contributed by atoms with Crippen molar-refractivity contribution in [1.82, 2.24) is 5.32 Å². The highest BCUT2D eigenvalue weighted by atomic mass is 16.2. The summed E-state index contributed by atoms with van der Waals surface area (Å²) < 4.78 is 0. The number of nitrogens with zero attached hydrogens (tertiary/aromatic N) is 1. The topological polar surface area (TPSA) is 61.4 Å². The molecular formula is C21H25N3O2. The maximum absolute atomic E-state index is 12.1. The van der Waals surface area contributed by atoms with Crippen molar-refractivity contribution >= 4 is 23.3 Å². The Bertz CT molecular complexity index is 845. The summed E-state index contributed by atoms with van der Waals surface area (Å²) in [5.41, 5.74) is 6.33. The van der Waals surface area contributed by atoms with Crippen molar-refractivity contribution in [2.45, 2.75) is 40.2 Å². The zero-order valence-electron chi connectivity index (χ0n) is 15.6. The number of carbonyl (C=O) groups excluding carboxylic acids is 2. The summed E-state index contributed by atoms with van der Waals surface area (Å²) in [5, 5.41) is 5.75. The number of benzene rings is 2. The Morgan fingerprint density at radius 1 is 1.08 bits per heavy atom. The number of rotatable bonds is 4. The SMILES string of the molecule is CCC(=O)N1CCc2cc(CNC(=O)Nc3ccc(C)c(C)c3)ccc21. The molecule has 3 amide bonds. The van der Waals surface area contributed by atoms with Gasteiger partial charge >= 0.3 is 6.03 Å². The first kappa shape index (κ1) is 18.0. The third-order valence-electron chi connectivity index (χ3n) is 4.86. The van der Waals surface area contributed by atoms with Crippen molar-refractivity contribution in [2.24, 2.45) is 0 Å². The van der Waals surface area contributed by atoms with E-state index in [0.717, 1.165) is 35.5 Å². The van der Waals surface area contributed by atoms with E-state index < -0.39 is 0 Å². The molecule has 0 saturated heterocycles. The molecule has 0 radical (unpaired) electrons. The van der Waals surface area contributed by atoms with Crippen LogP contribution in [0.4, 0.5) is 16.2 Å². The van der Waals surface area contributed by atoms with Gasteiger partial charge in [-0.3, -0.25) is 4.79 Å². The zero-order chi connectivity index (χ0) is 18.7. The Morgan fingerprint density at radius 2 is 1.88 bits per heavy atom. The molecule has 26 heavy (non-hydrogen) atoms. The number of hydrogen-bond acceptors (Lipinski definition) is 2. The van der Waals surface area contributed by atoms with Gasteiger partial charge in [-0.2, -0.15) is 0 Å². The Labute approximate surface area is 154 Å². The molecule has 0 saturated carbocycles. The molecule has 2 aromatic carbocycles. The molecule has 0 atom stereocenters. The summed E-state index contributed by atoms with van der Waals surface area (Å²) in [6.07, 6.45) is 1.38. The van der Waals surface area contributed by atoms with Gasteiger partial charge in [0.2, 0.25) is 5.91 Å². The van der Waals surface area contributed by atoms with Gasteiger partial charge in [-0.25, -0.2) is 4.79 Å². The molecule has 1 heterocycles. The molecule has 3 rings (SSSR count). The largest absolute Gasteiger partial charge is 0.334 e. The van der Waals surface area contributed by atoms with Gasteiger partial charge in [0.1, 0.15) is 0 Å². The zero-order valence-corrected chi connectivity index (χ0v) is 15.6. The van der Waals surface area contributed by atoms with E-state index in [1.165, 1.54) is 11.1 Å². The molecule has 5 heteroatoms. The van der Waals surface area contributed by atoms with Gasteiger partial charge in [0.05, 0.1) is 0 Å². The summed E-state index contributed by atoms with van der Waals surface area (Å²) >= 11 is 0. The van der Waals surface area contributed by atoms with Crippen LogP contribution in [-0.4, -0.2) is 18.5 Å². The van der Waals surface area contributed by atoms with Crippen LogP contribution in [0.5, 0.6) is 0 Å². The minimum atomic E-state index is -0.225. The highest BCUT2D eigenvalue weighted by molar-refractivity contribution is 5.95. The lowest BCUT2D eigenvalue weighted by molar-refractivity contribution is -0.118. The van der Waals surface area contributed by atoms with Crippen molar-refractivity contribution in [1.29, 1.82) is 0 Å². The number of amides is 3. The van der Waals surface area contributed by atoms with Crippen LogP contribution in [0.2, 0.25) is 0 Å². The average Bonchev–Trinajstić information content (AvgIpc) is 3.05. The second-order valence-electron chi connectivity index (χ2n) is 6.72. The Kier molecular flexibility index (Phi) is 5.26. The van der Waals surface area contributed by atoms with E-state index in [4.69, 9.17) is 0 Å². The van der Waals surface area contributed by atoms with Crippen LogP contribution in [-0.2, 0) is 17.8 Å². The van der Waals surface area contributed by atoms with Gasteiger partial charge in [-0.15, -0.1) is 0 Å². The van der Waals surface area contributed by atoms with Gasteiger partial charge < -0.3 is 15.5 Å². The molecule has 0 spiro atoms. The summed E-state index contributed by atoms with van der Waals surface area (Å²) in [4.78, 5) is 25.9. The number of carbonyl (C=O) groups is 2. The van der Waals surface area contributed by atoms with E-state index in [1.54, 1.807) is 0 Å². The molecule has 136 valence electrons. The van der Waals surface area contributed by atoms with Gasteiger partial charge in [0, 0.05) is 30.9 Å². The van der Waals surface area contributed by atoms with Crippen LogP contribution < -0.4 is 15.5 Å². The van der Waals surface area contributed by atoms with Crippen LogP contribution in [0.3, 0.4) is 0 Å². The van der Waals surface area contributed by atoms with Gasteiger partial charge in [0.15, 0.2) is 0 Å². The highest BCUT2D eigenvalue weighted by Gasteiger charge is 2.23. The van der Waals surface area contributed by atoms with Crippen LogP contribution in [0.25, 0.3) is 0 Å². The lowest BCUT2D eigenvalue weighted by Crippen LogP contribution is -2.28. The van der Waals surface area contributed by atoms with Gasteiger partial charge in [-0.1, -0.05) is 25.1 Å². The minimum Gasteiger partial charge on any atom is -0.334 e. The fraction of sp³-hybridized carbons (Fsp3) is 0.333. The second-order valence-corrected chi connectivity index (χ2v) is 6.72. The molecule has 5 nitrogen and oxygen atoms in total. The van der Waals surface area contributed by atoms with Gasteiger partial charge in [0.25, 0.3) is 0 Å². The first-order valence-corrected chi connectivity index (χ1v) is 9.02. The number of fused-ring (bicyclic) bond motifs is 1. The Hall–Kier alpha value is -2.82. The molecule has 0 aromatic heterocycles. The normalized spacial score (nSPS) is 12.7. The van der Waals surface area contributed by atoms with Crippen molar-refractivity contribution in [3.05, 3.63) is 58.7 Å². The van der Waals surface area contributed by atoms with E-state index in [0.29, 0.717) is 13.0 Å². The van der Waals surface area contributed by atoms with E-state index in [-0.39, 0.29) is 11.9 Å². The van der Waals surface area contributed by atoms with Crippen LogP contribution in [0.1, 0.15) is 35.6 Å². The molecule has 2 N–H and O–H groups in total. The first-order valence-electron chi connectivity index (χ1n) is 9.02. The fourth-order valence-corrected chi connectivity index (χ4v) is 3.19. The van der Waals surface area contributed by atoms with Crippen LogP contribution in [0.15, 0.2) is 36.4 Å². The number of aryl methyl sites for hydroxylation is 2. The van der Waals surface area contributed by atoms with Crippen molar-refractivity contribution < 1.29 is 9.59 Å². The third kappa shape index (κ3) is 3.87. The molecular weight excluding hydrogens is 326 g/mol. The summed E-state index contributed by atoms with van der Waals surface area (Å²) in [6, 6.07) is 11.7. The number of anilines is 2. The van der Waals surface area contributed by atoms with Crippen LogP contribution in [0, 0.1) is 13.8 Å². The second kappa shape index (κ2) is 7.60. The molecule has 1 aliphatic heterocycles. The van der Waals surface area contributed by atoms with Crippen molar-refractivity contribution in [3.8, 4) is 0 Å². The molecule has 0 fully saturated rings. The quantitative estimate of drug-likeness (QED) is 0.877. The number of nitrogens with one attached hydrogen (secondary N) is 2. The maximum atomic E-state index is 12.1. The fourth-order valence-electron chi connectivity index (χ4n) is 3.19. The maximum Gasteiger partial charge on any atom is 0.319 e. The third-order valence-corrected chi connectivity index (χ3v) is 4.86. The van der Waals surface area contributed by atoms with E-state index in [1.807, 2.05) is 56.0 Å². The molecule has 2 aromatic rings. The molecule has 0 unspecified atom stereocenters. The first-order chi connectivity index (χ1) is 12.5. The standard InChI is InChI=1S/C21H25N3O2/c1-4-20(25)24-10-9-17-12-16(6-8-19(17)24)13-22-21(26)23-18-7-5-14(2)15(3)11-18/h5-8,11-12H,4,9-10,13H2,1-3H3,(H2,22,23,26). The minimum absolute atomic E-state index is 0.155. The van der Waals surface area contributed by atoms with Crippen molar-refractivity contribution in [3.63, 3.8) is 0 Å². The molecule has 0 aliphatic carbocycles. The predicted octanol–water partition coefficient (Wildman–Crippen LogP) is 3.92. The lowest BCUT2D eigenvalue weighted by atomic mass is 10.1. The van der Waals surface area contributed by atoms with Gasteiger partial charge in [-0.05, 0) is 60.7 Å². The van der Waals surface area contributed by atoms with Crippen molar-refractivity contribution in [2.75, 3.05) is 16.8 Å². The smallest absolute Gasteiger partial charge is 0.319 e. The molecule has 1 aliphatic rings. The Balaban J connectivity index is 1.59. The summed E-state index contributed by atoms with van der Waals surface area (Å²) in [5.74, 6) is 0.155. The lowest BCUT2D eigenvalue weighted by Gasteiger charge is -2.16. The highest BCUT2D eigenvalue weighted by Crippen LogP contribution is 2.29. The summed E-state index contributed by atoms with van der Waals surface area (Å²) in [7, 11) is 0. The number of urea groups is 1. The number of hydrogen-bond donors (Lipinski definition) is 2. The monoisotopic (exact) mass is 351 g/mol.